The molecule has 0 unspecified atom stereocenters. The van der Waals surface area contributed by atoms with Gasteiger partial charge in [-0.3, -0.25) is 14.8 Å². The molecule has 0 radical (unpaired) electrons. The fourth-order valence-electron chi connectivity index (χ4n) is 3.16. The summed E-state index contributed by atoms with van der Waals surface area (Å²) in [5, 5.41) is 38.3. The highest BCUT2D eigenvalue weighted by atomic mass is 32.1. The number of aromatic nitrogens is 9. The summed E-state index contributed by atoms with van der Waals surface area (Å²) in [6.45, 7) is 10.1. The number of likely N-dealkylation sites (N-methyl/N-ethyl adjacent to an activating group) is 1. The van der Waals surface area contributed by atoms with E-state index in [9.17, 15) is 0 Å². The minimum absolute atomic E-state index is 0.0797. The third-order valence-corrected chi connectivity index (χ3v) is 6.02. The van der Waals surface area contributed by atoms with Crippen molar-refractivity contribution in [2.24, 2.45) is 7.05 Å². The van der Waals surface area contributed by atoms with Crippen LogP contribution in [-0.2, 0) is 26.8 Å². The molecule has 0 fully saturated rings. The third kappa shape index (κ3) is 8.27. The number of aryl methyl sites for hydroxylation is 1. The summed E-state index contributed by atoms with van der Waals surface area (Å²) in [6, 6.07) is 9.73. The molecule has 4 rings (SSSR count). The van der Waals surface area contributed by atoms with E-state index in [1.807, 2.05) is 46.4 Å². The van der Waals surface area contributed by atoms with Crippen molar-refractivity contribution in [3.63, 3.8) is 0 Å². The predicted molar refractivity (Wildman–Crippen MR) is 142 cm³/mol. The molecule has 14 heteroatoms. The molecule has 4 N–H and O–H groups in total. The van der Waals surface area contributed by atoms with Gasteiger partial charge in [0.05, 0.1) is 0 Å². The van der Waals surface area contributed by atoms with Crippen LogP contribution in [0.2, 0.25) is 0 Å². The quantitative estimate of drug-likeness (QED) is 0.251. The van der Waals surface area contributed by atoms with Crippen LogP contribution in [0.4, 0.5) is 0 Å². The summed E-state index contributed by atoms with van der Waals surface area (Å²) in [6.07, 6.45) is 1.74. The molecular weight excluding hydrogens is 500 g/mol. The van der Waals surface area contributed by atoms with Crippen molar-refractivity contribution in [1.29, 1.82) is 0 Å². The summed E-state index contributed by atoms with van der Waals surface area (Å²) < 4.78 is 6.63. The fraction of sp³-hybridized carbons (Fsp3) is 0.455. The molecule has 12 nitrogen and oxygen atoms in total. The maximum Gasteiger partial charge on any atom is 0.194 e. The Hall–Kier alpha value is -3.04. The van der Waals surface area contributed by atoms with E-state index in [-0.39, 0.29) is 13.2 Å². The van der Waals surface area contributed by atoms with Crippen LogP contribution in [0.15, 0.2) is 36.7 Å². The van der Waals surface area contributed by atoms with Crippen molar-refractivity contribution in [2.45, 2.75) is 40.5 Å². The summed E-state index contributed by atoms with van der Waals surface area (Å²) in [5.41, 5.74) is 0.971. The number of nitrogens with one attached hydrogen (secondary N) is 2. The number of H-pyrrole nitrogens is 2. The number of rotatable bonds is 8. The van der Waals surface area contributed by atoms with Crippen molar-refractivity contribution >= 4 is 24.4 Å². The minimum Gasteiger partial charge on any atom is -0.388 e. The molecule has 0 amide bonds. The Balaban J connectivity index is 0.000000195. The van der Waals surface area contributed by atoms with Gasteiger partial charge in [-0.25, -0.2) is 0 Å². The van der Waals surface area contributed by atoms with Gasteiger partial charge < -0.3 is 24.2 Å². The number of benzene rings is 1. The molecule has 0 aliphatic carbocycles. The van der Waals surface area contributed by atoms with Crippen molar-refractivity contribution in [2.75, 3.05) is 19.6 Å². The number of para-hydroxylation sites is 1. The second-order valence-corrected chi connectivity index (χ2v) is 8.31. The van der Waals surface area contributed by atoms with E-state index < -0.39 is 0 Å². The number of aliphatic hydroxyl groups is 2. The first-order valence-electron chi connectivity index (χ1n) is 11.5. The van der Waals surface area contributed by atoms with Crippen LogP contribution in [0.25, 0.3) is 5.69 Å². The lowest BCUT2D eigenvalue weighted by Gasteiger charge is -2.17. The minimum atomic E-state index is -0.101. The van der Waals surface area contributed by atoms with Crippen LogP contribution in [0.1, 0.15) is 31.3 Å². The Kier molecular flexibility index (Phi) is 12.3. The Labute approximate surface area is 220 Å². The second-order valence-electron chi connectivity index (χ2n) is 7.54. The first-order valence-corrected chi connectivity index (χ1v) is 12.3. The van der Waals surface area contributed by atoms with E-state index in [0.29, 0.717) is 21.2 Å². The van der Waals surface area contributed by atoms with E-state index in [4.69, 9.17) is 34.6 Å². The van der Waals surface area contributed by atoms with Crippen molar-refractivity contribution in [1.82, 2.24) is 49.2 Å². The summed E-state index contributed by atoms with van der Waals surface area (Å²) in [7, 11) is 1.75. The predicted octanol–water partition coefficient (Wildman–Crippen LogP) is 2.32. The molecular formula is C22H34N10O2S2. The van der Waals surface area contributed by atoms with E-state index >= 15 is 0 Å². The second kappa shape index (κ2) is 15.2. The normalized spacial score (nSPS) is 10.5. The highest BCUT2D eigenvalue weighted by molar-refractivity contribution is 7.71. The van der Waals surface area contributed by atoms with E-state index in [0.717, 1.165) is 37.7 Å². The fourth-order valence-corrected chi connectivity index (χ4v) is 3.50. The molecule has 0 spiro atoms. The highest BCUT2D eigenvalue weighted by Gasteiger charge is 2.08. The lowest BCUT2D eigenvalue weighted by Crippen LogP contribution is -2.26. The zero-order valence-corrected chi connectivity index (χ0v) is 22.6. The topological polar surface area (TPSA) is 142 Å². The van der Waals surface area contributed by atoms with Crippen LogP contribution in [0, 0.1) is 16.5 Å². The molecule has 36 heavy (non-hydrogen) atoms. The van der Waals surface area contributed by atoms with Gasteiger partial charge in [0.1, 0.15) is 25.4 Å². The summed E-state index contributed by atoms with van der Waals surface area (Å²) in [4.78, 5) is 2.36. The van der Waals surface area contributed by atoms with Gasteiger partial charge in [0, 0.05) is 25.8 Å². The SMILES string of the molecule is CCN(CC)CCn1cn[nH]c1=S.Cc1nnc(CO)n1-c1ccccc1.Cn1c(CO)n[nH]c1=S. The van der Waals surface area contributed by atoms with E-state index in [1.54, 1.807) is 17.9 Å². The monoisotopic (exact) mass is 534 g/mol. The van der Waals surface area contributed by atoms with Gasteiger partial charge >= 0.3 is 0 Å². The first kappa shape index (κ1) is 29.2. The van der Waals surface area contributed by atoms with Crippen LogP contribution in [0.3, 0.4) is 0 Å². The molecule has 0 aliphatic rings. The molecule has 4 aromatic rings. The molecule has 0 aliphatic heterocycles. The van der Waals surface area contributed by atoms with Crippen LogP contribution >= 0.6 is 24.4 Å². The summed E-state index contributed by atoms with van der Waals surface area (Å²) in [5.74, 6) is 1.90. The average Bonchev–Trinajstić information content (AvgIpc) is 3.59. The zero-order valence-electron chi connectivity index (χ0n) is 21.0. The Bertz CT molecular complexity index is 1270. The molecule has 0 atom stereocenters. The Morgan fingerprint density at radius 2 is 1.61 bits per heavy atom. The van der Waals surface area contributed by atoms with E-state index in [1.165, 1.54) is 0 Å². The van der Waals surface area contributed by atoms with Gasteiger partial charge in [-0.05, 0) is 56.6 Å². The third-order valence-electron chi connectivity index (χ3n) is 5.33. The number of aromatic amines is 2. The number of aliphatic hydroxyl groups excluding tert-OH is 2. The lowest BCUT2D eigenvalue weighted by atomic mass is 10.3. The maximum atomic E-state index is 9.07. The number of hydrogen-bond donors (Lipinski definition) is 4. The molecule has 3 heterocycles. The Morgan fingerprint density at radius 3 is 2.08 bits per heavy atom. The van der Waals surface area contributed by atoms with Gasteiger partial charge in [0.2, 0.25) is 0 Å². The van der Waals surface area contributed by atoms with Gasteiger partial charge in [-0.15, -0.1) is 10.2 Å². The molecule has 0 saturated carbocycles. The first-order chi connectivity index (χ1) is 17.4. The standard InChI is InChI=1S/C10H11N3O.C8H16N4S.C4H7N3OS/c1-8-11-12-10(7-14)13(8)9-5-3-2-4-6-9;1-3-11(4-2)5-6-12-7-9-10-8(12)13;1-7-3(2-8)5-6-4(7)9/h2-6,14H,7H2,1H3;7H,3-6H2,1-2H3,(H,10,13);8H,2H2,1H3,(H,6,9). The molecule has 3 aromatic heterocycles. The average molecular weight is 535 g/mol. The summed E-state index contributed by atoms with van der Waals surface area (Å²) >= 11 is 9.81. The number of hydrogen-bond acceptors (Lipinski definition) is 9. The van der Waals surface area contributed by atoms with Gasteiger partial charge in [-0.2, -0.15) is 10.2 Å². The Morgan fingerprint density at radius 1 is 0.944 bits per heavy atom. The number of nitrogens with zero attached hydrogens (tertiary/aromatic N) is 8. The van der Waals surface area contributed by atoms with Crippen LogP contribution in [0.5, 0.6) is 0 Å². The van der Waals surface area contributed by atoms with Gasteiger partial charge in [0.25, 0.3) is 0 Å². The van der Waals surface area contributed by atoms with Crippen LogP contribution < -0.4 is 0 Å². The van der Waals surface area contributed by atoms with Crippen LogP contribution in [-0.4, -0.2) is 79.0 Å². The maximum absolute atomic E-state index is 9.07. The molecule has 0 saturated heterocycles. The van der Waals surface area contributed by atoms with Gasteiger partial charge in [-0.1, -0.05) is 32.0 Å². The zero-order chi connectivity index (χ0) is 26.5. The van der Waals surface area contributed by atoms with Crippen molar-refractivity contribution in [3.8, 4) is 5.69 Å². The smallest absolute Gasteiger partial charge is 0.194 e. The molecule has 1 aromatic carbocycles. The molecule has 196 valence electrons. The highest BCUT2D eigenvalue weighted by Crippen LogP contribution is 2.11. The van der Waals surface area contributed by atoms with Crippen molar-refractivity contribution < 1.29 is 10.2 Å². The lowest BCUT2D eigenvalue weighted by molar-refractivity contribution is 0.266. The molecule has 0 bridgehead atoms. The largest absolute Gasteiger partial charge is 0.388 e. The van der Waals surface area contributed by atoms with E-state index in [2.05, 4.69) is 49.3 Å². The van der Waals surface area contributed by atoms with Crippen molar-refractivity contribution in [3.05, 3.63) is 63.7 Å². The van der Waals surface area contributed by atoms with Gasteiger partial charge in [0.15, 0.2) is 21.2 Å².